The molecule has 43 heavy (non-hydrogen) atoms. The Labute approximate surface area is 260 Å². The highest BCUT2D eigenvalue weighted by Gasteiger charge is 2.54. The second-order valence-electron chi connectivity index (χ2n) is 11.8. The van der Waals surface area contributed by atoms with Gasteiger partial charge in [0.1, 0.15) is 28.3 Å². The first-order valence-electron chi connectivity index (χ1n) is 12.8. The summed E-state index contributed by atoms with van der Waals surface area (Å²) < 4.78 is 14.6. The van der Waals surface area contributed by atoms with Crippen LogP contribution in [0.4, 0.5) is 9.93 Å². The molecule has 0 aliphatic carbocycles. The summed E-state index contributed by atoms with van der Waals surface area (Å²) in [6.07, 6.45) is -0.812. The summed E-state index contributed by atoms with van der Waals surface area (Å²) in [6, 6.07) is -1.12. The summed E-state index contributed by atoms with van der Waals surface area (Å²) in [7, 11) is 0. The van der Waals surface area contributed by atoms with Crippen LogP contribution >= 0.6 is 34.9 Å². The smallest absolute Gasteiger partial charge is 0.414 e. The quantitative estimate of drug-likeness (QED) is 0.115. The number of aliphatic carboxylic acids is 1. The molecule has 0 unspecified atom stereocenters. The van der Waals surface area contributed by atoms with Crippen LogP contribution in [0.5, 0.6) is 0 Å². The summed E-state index contributed by atoms with van der Waals surface area (Å²) in [5.74, 6) is -3.82. The Hall–Kier alpha value is -3.44. The van der Waals surface area contributed by atoms with Crippen LogP contribution in [0.15, 0.2) is 16.4 Å². The first-order valence-corrected chi connectivity index (χ1v) is 15.2. The van der Waals surface area contributed by atoms with E-state index in [9.17, 15) is 29.1 Å². The van der Waals surface area contributed by atoms with Gasteiger partial charge in [0.15, 0.2) is 0 Å². The number of rotatable bonds is 9. The van der Waals surface area contributed by atoms with Gasteiger partial charge >= 0.3 is 18.0 Å². The van der Waals surface area contributed by atoms with Crippen molar-refractivity contribution in [2.45, 2.75) is 83.6 Å². The molecule has 1 saturated heterocycles. The summed E-state index contributed by atoms with van der Waals surface area (Å²) in [5.41, 5.74) is -3.64. The van der Waals surface area contributed by atoms with Gasteiger partial charge in [0.2, 0.25) is 22.3 Å². The summed E-state index contributed by atoms with van der Waals surface area (Å²) >= 11 is 7.82. The van der Waals surface area contributed by atoms with Crippen molar-refractivity contribution in [2.24, 2.45) is 5.16 Å². The van der Waals surface area contributed by atoms with Gasteiger partial charge in [-0.3, -0.25) is 19.8 Å². The van der Waals surface area contributed by atoms with E-state index < -0.39 is 63.8 Å². The van der Waals surface area contributed by atoms with Gasteiger partial charge in [0, 0.05) is 23.2 Å². The minimum atomic E-state index is -1.66. The number of carboxylic acid groups (broad SMARTS) is 1. The van der Waals surface area contributed by atoms with E-state index in [0.29, 0.717) is 17.1 Å². The Bertz CT molecular complexity index is 1380. The molecule has 1 aromatic heterocycles. The lowest BCUT2D eigenvalue weighted by atomic mass is 10.0. The number of fused-ring (bicyclic) bond motifs is 1. The molecule has 1 fully saturated rings. The van der Waals surface area contributed by atoms with E-state index in [4.69, 9.17) is 25.9 Å². The van der Waals surface area contributed by atoms with E-state index >= 15 is 0 Å². The normalized spacial score (nSPS) is 19.2. The van der Waals surface area contributed by atoms with Gasteiger partial charge in [-0.2, -0.15) is 9.36 Å². The minimum Gasteiger partial charge on any atom is -0.477 e. The lowest BCUT2D eigenvalue weighted by Gasteiger charge is -2.49. The fourth-order valence-corrected chi connectivity index (χ4v) is 5.77. The number of amides is 3. The molecule has 236 valence electrons. The summed E-state index contributed by atoms with van der Waals surface area (Å²) in [6.45, 7) is 12.8. The van der Waals surface area contributed by atoms with Crippen molar-refractivity contribution in [3.63, 3.8) is 0 Å². The van der Waals surface area contributed by atoms with Crippen LogP contribution in [0.25, 0.3) is 0 Å². The molecular formula is C25H33ClN6O9S2. The number of nitrogens with zero attached hydrogens (tertiary/aromatic N) is 4. The van der Waals surface area contributed by atoms with Crippen LogP contribution in [-0.2, 0) is 33.5 Å². The molecule has 3 N–H and O–H groups in total. The molecule has 1 aromatic rings. The van der Waals surface area contributed by atoms with Gasteiger partial charge in [-0.1, -0.05) is 5.16 Å². The van der Waals surface area contributed by atoms with E-state index in [1.807, 2.05) is 0 Å². The molecule has 0 aromatic carbocycles. The molecule has 0 radical (unpaired) electrons. The van der Waals surface area contributed by atoms with Gasteiger partial charge in [-0.05, 0) is 61.0 Å². The number of esters is 1. The standard InChI is InChI=1S/C25H33ClN6O9S2/c1-23(2,3)39-20(37)25(7,8)41-30-12(15-28-21(43-31-15)29-22(38)40-24(4,5)6)16(33)27-13-17(34)32-14(19(35)36)11(9-26)10-42-18(13)32/h13,18H,9-10H2,1-8H3,(H,27,33)(H,35,36)(H,28,29,31,38)/t13-,18+/m1/s1. The second-order valence-corrected chi connectivity index (χ2v) is 14.0. The molecule has 15 nitrogen and oxygen atoms in total. The van der Waals surface area contributed by atoms with Crippen molar-refractivity contribution in [2.75, 3.05) is 16.9 Å². The van der Waals surface area contributed by atoms with Crippen LogP contribution in [-0.4, -0.2) is 94.8 Å². The molecular weight excluding hydrogens is 628 g/mol. The zero-order valence-electron chi connectivity index (χ0n) is 24.8. The van der Waals surface area contributed by atoms with Crippen molar-refractivity contribution in [3.8, 4) is 0 Å². The monoisotopic (exact) mass is 660 g/mol. The number of carbonyl (C=O) groups excluding carboxylic acids is 4. The number of aromatic nitrogens is 2. The number of carbonyl (C=O) groups is 5. The third kappa shape index (κ3) is 8.35. The number of hydrogen-bond acceptors (Lipinski definition) is 13. The van der Waals surface area contributed by atoms with Crippen molar-refractivity contribution >= 4 is 75.6 Å². The first kappa shape index (κ1) is 34.1. The zero-order valence-corrected chi connectivity index (χ0v) is 27.2. The summed E-state index contributed by atoms with van der Waals surface area (Å²) in [5, 5.41) is 17.7. The van der Waals surface area contributed by atoms with Crippen molar-refractivity contribution in [3.05, 3.63) is 17.1 Å². The van der Waals surface area contributed by atoms with Crippen LogP contribution in [0.2, 0.25) is 0 Å². The van der Waals surface area contributed by atoms with Crippen molar-refractivity contribution in [1.29, 1.82) is 0 Å². The molecule has 0 spiro atoms. The van der Waals surface area contributed by atoms with E-state index in [1.54, 1.807) is 41.5 Å². The molecule has 2 aliphatic rings. The fraction of sp³-hybridized carbons (Fsp3) is 0.600. The van der Waals surface area contributed by atoms with Crippen LogP contribution < -0.4 is 10.6 Å². The number of halogens is 1. The highest BCUT2D eigenvalue weighted by molar-refractivity contribution is 8.00. The topological polar surface area (TPSA) is 199 Å². The van der Waals surface area contributed by atoms with E-state index in [0.717, 1.165) is 4.90 Å². The van der Waals surface area contributed by atoms with Crippen molar-refractivity contribution in [1.82, 2.24) is 19.6 Å². The van der Waals surface area contributed by atoms with E-state index in [2.05, 4.69) is 25.1 Å². The number of oxime groups is 1. The van der Waals surface area contributed by atoms with Gasteiger partial charge in [0.05, 0.1) is 0 Å². The molecule has 3 amide bonds. The predicted octanol–water partition coefficient (Wildman–Crippen LogP) is 2.70. The molecule has 0 bridgehead atoms. The van der Waals surface area contributed by atoms with Crippen molar-refractivity contribution < 1.29 is 43.4 Å². The second kappa shape index (κ2) is 12.7. The minimum absolute atomic E-state index is 0.0327. The largest absolute Gasteiger partial charge is 0.477 e. The average Bonchev–Trinajstić information content (AvgIpc) is 3.31. The van der Waals surface area contributed by atoms with Crippen LogP contribution in [0.3, 0.4) is 0 Å². The number of nitrogens with one attached hydrogen (secondary N) is 2. The molecule has 18 heteroatoms. The average molecular weight is 661 g/mol. The van der Waals surface area contributed by atoms with Gasteiger partial charge in [-0.15, -0.1) is 23.4 Å². The first-order chi connectivity index (χ1) is 19.7. The predicted molar refractivity (Wildman–Crippen MR) is 158 cm³/mol. The van der Waals surface area contributed by atoms with Gasteiger partial charge < -0.3 is 24.7 Å². The fourth-order valence-electron chi connectivity index (χ4n) is 3.54. The Morgan fingerprint density at radius 1 is 1.09 bits per heavy atom. The van der Waals surface area contributed by atoms with Crippen LogP contribution in [0.1, 0.15) is 61.2 Å². The number of thioether (sulfide) groups is 1. The third-order valence-corrected chi connectivity index (χ3v) is 7.71. The number of hydrogen-bond donors (Lipinski definition) is 3. The number of β-lactam (4-membered cyclic amide) rings is 1. The lowest BCUT2D eigenvalue weighted by molar-refractivity contribution is -0.179. The van der Waals surface area contributed by atoms with Gasteiger partial charge in [0.25, 0.3) is 11.8 Å². The molecule has 2 atom stereocenters. The Balaban J connectivity index is 1.88. The lowest BCUT2D eigenvalue weighted by Crippen LogP contribution is -2.71. The molecule has 0 saturated carbocycles. The van der Waals surface area contributed by atoms with Crippen LogP contribution in [0, 0.1) is 0 Å². The Morgan fingerprint density at radius 3 is 2.28 bits per heavy atom. The van der Waals surface area contributed by atoms with E-state index in [1.165, 1.54) is 25.6 Å². The SMILES string of the molecule is CC(C)(C)OC(=O)Nc1nc(C(=NOC(C)(C)C(=O)OC(C)(C)C)C(=O)N[C@@H]2C(=O)N3C(C(=O)O)=C(CCl)CS[C@@H]23)ns1. The summed E-state index contributed by atoms with van der Waals surface area (Å²) in [4.78, 5) is 73.8. The van der Waals surface area contributed by atoms with Gasteiger partial charge in [-0.25, -0.2) is 14.4 Å². The number of carboxylic acids is 1. The highest BCUT2D eigenvalue weighted by Crippen LogP contribution is 2.40. The molecule has 3 heterocycles. The Morgan fingerprint density at radius 2 is 1.72 bits per heavy atom. The number of alkyl halides is 1. The molecule has 2 aliphatic heterocycles. The van der Waals surface area contributed by atoms with E-state index in [-0.39, 0.29) is 28.3 Å². The maximum absolute atomic E-state index is 13.5. The Kier molecular flexibility index (Phi) is 10.0. The zero-order chi connectivity index (χ0) is 32.5. The number of anilines is 1. The highest BCUT2D eigenvalue weighted by atomic mass is 35.5. The maximum Gasteiger partial charge on any atom is 0.414 e. The number of ether oxygens (including phenoxy) is 2. The third-order valence-electron chi connectivity index (χ3n) is 5.41. The molecule has 3 rings (SSSR count). The maximum atomic E-state index is 13.5.